The Morgan fingerprint density at radius 3 is 2.33 bits per heavy atom. The van der Waals surface area contributed by atoms with Gasteiger partial charge in [-0.05, 0) is 12.8 Å². The zero-order chi connectivity index (χ0) is 11.5. The molecular weight excluding hydrogens is 214 g/mol. The molecule has 0 heterocycles. The SMILES string of the molecule is CCNS(=O)(=O)N(C)C1(CN)CCCC1. The quantitative estimate of drug-likeness (QED) is 0.706. The Morgan fingerprint density at radius 2 is 1.93 bits per heavy atom. The summed E-state index contributed by atoms with van der Waals surface area (Å²) in [5.74, 6) is 0. The Bertz CT molecular complexity index is 296. The predicted molar refractivity (Wildman–Crippen MR) is 60.6 cm³/mol. The third kappa shape index (κ3) is 2.50. The first kappa shape index (κ1) is 12.9. The zero-order valence-corrected chi connectivity index (χ0v) is 10.3. The maximum Gasteiger partial charge on any atom is 0.279 e. The summed E-state index contributed by atoms with van der Waals surface area (Å²) < 4.78 is 27.6. The molecule has 0 bridgehead atoms. The van der Waals surface area contributed by atoms with E-state index in [9.17, 15) is 8.42 Å². The van der Waals surface area contributed by atoms with Crippen LogP contribution in [0, 0.1) is 0 Å². The van der Waals surface area contributed by atoms with E-state index in [4.69, 9.17) is 5.73 Å². The van der Waals surface area contributed by atoms with Gasteiger partial charge in [0.1, 0.15) is 0 Å². The molecule has 3 N–H and O–H groups in total. The van der Waals surface area contributed by atoms with Crippen molar-refractivity contribution < 1.29 is 8.42 Å². The Morgan fingerprint density at radius 1 is 1.40 bits per heavy atom. The Kier molecular flexibility index (Phi) is 4.11. The molecule has 1 aliphatic rings. The third-order valence-corrected chi connectivity index (χ3v) is 5.03. The molecule has 1 saturated carbocycles. The average molecular weight is 235 g/mol. The van der Waals surface area contributed by atoms with Crippen molar-refractivity contribution in [3.8, 4) is 0 Å². The molecule has 0 aromatic heterocycles. The van der Waals surface area contributed by atoms with Crippen molar-refractivity contribution in [3.05, 3.63) is 0 Å². The first-order chi connectivity index (χ1) is 6.98. The summed E-state index contributed by atoms with van der Waals surface area (Å²) in [6.07, 6.45) is 3.85. The second-order valence-electron chi connectivity index (χ2n) is 4.11. The van der Waals surface area contributed by atoms with Crippen LogP contribution in [0.3, 0.4) is 0 Å². The van der Waals surface area contributed by atoms with Crippen LogP contribution in [0.4, 0.5) is 0 Å². The molecule has 0 radical (unpaired) electrons. The summed E-state index contributed by atoms with van der Waals surface area (Å²) in [5, 5.41) is 0. The van der Waals surface area contributed by atoms with Gasteiger partial charge >= 0.3 is 0 Å². The summed E-state index contributed by atoms with van der Waals surface area (Å²) in [4.78, 5) is 0. The minimum atomic E-state index is -3.36. The minimum Gasteiger partial charge on any atom is -0.329 e. The van der Waals surface area contributed by atoms with Gasteiger partial charge in [0.25, 0.3) is 10.2 Å². The lowest BCUT2D eigenvalue weighted by Gasteiger charge is -2.36. The van der Waals surface area contributed by atoms with Gasteiger partial charge in [0.15, 0.2) is 0 Å². The fourth-order valence-corrected chi connectivity index (χ4v) is 3.54. The van der Waals surface area contributed by atoms with Crippen LogP contribution in [0.2, 0.25) is 0 Å². The Balaban J connectivity index is 2.86. The molecule has 0 amide bonds. The highest BCUT2D eigenvalue weighted by molar-refractivity contribution is 7.87. The number of rotatable bonds is 5. The van der Waals surface area contributed by atoms with Gasteiger partial charge in [0.2, 0.25) is 0 Å². The zero-order valence-electron chi connectivity index (χ0n) is 9.49. The molecule has 0 unspecified atom stereocenters. The second-order valence-corrected chi connectivity index (χ2v) is 5.89. The highest BCUT2D eigenvalue weighted by Crippen LogP contribution is 2.34. The molecule has 0 aromatic rings. The van der Waals surface area contributed by atoms with E-state index in [0.717, 1.165) is 25.7 Å². The van der Waals surface area contributed by atoms with E-state index < -0.39 is 10.2 Å². The van der Waals surface area contributed by atoms with Crippen molar-refractivity contribution in [2.45, 2.75) is 38.1 Å². The highest BCUT2D eigenvalue weighted by atomic mass is 32.2. The first-order valence-electron chi connectivity index (χ1n) is 5.42. The fourth-order valence-electron chi connectivity index (χ4n) is 2.21. The van der Waals surface area contributed by atoms with E-state index in [2.05, 4.69) is 4.72 Å². The fraction of sp³-hybridized carbons (Fsp3) is 1.00. The highest BCUT2D eigenvalue weighted by Gasteiger charge is 2.41. The topological polar surface area (TPSA) is 75.4 Å². The molecule has 90 valence electrons. The molecule has 1 rings (SSSR count). The number of nitrogens with zero attached hydrogens (tertiary/aromatic N) is 1. The van der Waals surface area contributed by atoms with E-state index >= 15 is 0 Å². The summed E-state index contributed by atoms with van der Waals surface area (Å²) in [6.45, 7) is 2.58. The number of likely N-dealkylation sites (N-methyl/N-ethyl adjacent to an activating group) is 1. The van der Waals surface area contributed by atoms with Crippen LogP contribution in [0.15, 0.2) is 0 Å². The molecule has 0 aromatic carbocycles. The number of hydrogen-bond donors (Lipinski definition) is 2. The van der Waals surface area contributed by atoms with E-state index in [1.165, 1.54) is 4.31 Å². The summed E-state index contributed by atoms with van der Waals surface area (Å²) in [5.41, 5.74) is 5.37. The maximum absolute atomic E-state index is 11.8. The predicted octanol–water partition coefficient (Wildman–Crippen LogP) is 0.0440. The molecule has 0 spiro atoms. The van der Waals surface area contributed by atoms with Crippen molar-refractivity contribution in [3.63, 3.8) is 0 Å². The normalized spacial score (nSPS) is 21.1. The van der Waals surface area contributed by atoms with E-state index in [1.807, 2.05) is 0 Å². The molecule has 1 fully saturated rings. The monoisotopic (exact) mass is 235 g/mol. The Labute approximate surface area is 92.2 Å². The molecule has 1 aliphatic carbocycles. The molecule has 0 atom stereocenters. The van der Waals surface area contributed by atoms with Crippen LogP contribution < -0.4 is 10.5 Å². The van der Waals surface area contributed by atoms with Gasteiger partial charge in [-0.1, -0.05) is 19.8 Å². The lowest BCUT2D eigenvalue weighted by molar-refractivity contribution is 0.228. The average Bonchev–Trinajstić information content (AvgIpc) is 2.66. The summed E-state index contributed by atoms with van der Waals surface area (Å²) in [6, 6.07) is 0. The third-order valence-electron chi connectivity index (χ3n) is 3.27. The maximum atomic E-state index is 11.8. The van der Waals surface area contributed by atoms with E-state index in [0.29, 0.717) is 13.1 Å². The molecular formula is C9H21N3O2S. The number of nitrogens with one attached hydrogen (secondary N) is 1. The number of nitrogens with two attached hydrogens (primary N) is 1. The number of hydrogen-bond acceptors (Lipinski definition) is 3. The molecule has 6 heteroatoms. The minimum absolute atomic E-state index is 0.360. The lowest BCUT2D eigenvalue weighted by Crippen LogP contribution is -2.55. The standard InChI is InChI=1S/C9H21N3O2S/c1-3-11-15(13,14)12(2)9(8-10)6-4-5-7-9/h11H,3-8,10H2,1-2H3. The van der Waals surface area contributed by atoms with E-state index in [1.54, 1.807) is 14.0 Å². The van der Waals surface area contributed by atoms with Gasteiger partial charge in [-0.25, -0.2) is 4.72 Å². The Hall–Kier alpha value is -0.170. The molecule has 5 nitrogen and oxygen atoms in total. The van der Waals surface area contributed by atoms with Crippen molar-refractivity contribution in [2.24, 2.45) is 5.73 Å². The molecule has 15 heavy (non-hydrogen) atoms. The van der Waals surface area contributed by atoms with Crippen molar-refractivity contribution in [1.29, 1.82) is 0 Å². The van der Waals surface area contributed by atoms with Crippen LogP contribution in [-0.2, 0) is 10.2 Å². The van der Waals surface area contributed by atoms with Gasteiger partial charge in [0.05, 0.1) is 0 Å². The van der Waals surface area contributed by atoms with Gasteiger partial charge < -0.3 is 5.73 Å². The lowest BCUT2D eigenvalue weighted by atomic mass is 9.98. The van der Waals surface area contributed by atoms with Crippen molar-refractivity contribution >= 4 is 10.2 Å². The van der Waals surface area contributed by atoms with Gasteiger partial charge in [-0.2, -0.15) is 12.7 Å². The van der Waals surface area contributed by atoms with Crippen LogP contribution in [0.1, 0.15) is 32.6 Å². The van der Waals surface area contributed by atoms with Crippen molar-refractivity contribution in [2.75, 3.05) is 20.1 Å². The van der Waals surface area contributed by atoms with Crippen LogP contribution in [0.5, 0.6) is 0 Å². The largest absolute Gasteiger partial charge is 0.329 e. The van der Waals surface area contributed by atoms with Crippen LogP contribution in [0.25, 0.3) is 0 Å². The molecule has 0 saturated heterocycles. The van der Waals surface area contributed by atoms with Crippen molar-refractivity contribution in [1.82, 2.24) is 9.03 Å². The summed E-state index contributed by atoms with van der Waals surface area (Å²) in [7, 11) is -1.74. The second kappa shape index (κ2) is 4.78. The van der Waals surface area contributed by atoms with E-state index in [-0.39, 0.29) is 5.54 Å². The van der Waals surface area contributed by atoms with Crippen LogP contribution >= 0.6 is 0 Å². The van der Waals surface area contributed by atoms with Crippen LogP contribution in [-0.4, -0.2) is 38.4 Å². The molecule has 0 aliphatic heterocycles. The summed E-state index contributed by atoms with van der Waals surface area (Å²) >= 11 is 0. The first-order valence-corrected chi connectivity index (χ1v) is 6.86. The van der Waals surface area contributed by atoms with Gasteiger partial charge in [0, 0.05) is 25.7 Å². The van der Waals surface area contributed by atoms with Gasteiger partial charge in [-0.3, -0.25) is 0 Å². The smallest absolute Gasteiger partial charge is 0.279 e. The van der Waals surface area contributed by atoms with Gasteiger partial charge in [-0.15, -0.1) is 0 Å².